The minimum Gasteiger partial charge on any atom is -0.198 e. The Labute approximate surface area is 101 Å². The molecule has 0 saturated carbocycles. The van der Waals surface area contributed by atoms with Gasteiger partial charge in [0.15, 0.2) is 0 Å². The Morgan fingerprint density at radius 3 is 2.47 bits per heavy atom. The average Bonchev–Trinajstić information content (AvgIpc) is 2.17. The Morgan fingerprint density at radius 2 is 2.00 bits per heavy atom. The second-order valence-electron chi connectivity index (χ2n) is 4.26. The van der Waals surface area contributed by atoms with Crippen molar-refractivity contribution in [1.29, 1.82) is 0 Å². The number of halogens is 1. The van der Waals surface area contributed by atoms with Crippen LogP contribution >= 0.6 is 15.9 Å². The Hall–Kier alpha value is 0.350. The van der Waals surface area contributed by atoms with Crippen LogP contribution in [0.25, 0.3) is 0 Å². The maximum atomic E-state index is 11.9. The molecule has 90 valence electrons. The third-order valence-corrected chi connectivity index (χ3v) is 5.38. The molecule has 1 N–H and O–H groups in total. The van der Waals surface area contributed by atoms with Crippen LogP contribution in [0.5, 0.6) is 0 Å². The summed E-state index contributed by atoms with van der Waals surface area (Å²) in [5.74, 6) is 0.644. The zero-order valence-corrected chi connectivity index (χ0v) is 11.6. The van der Waals surface area contributed by atoms with Gasteiger partial charge in [0.25, 0.3) is 10.2 Å². The van der Waals surface area contributed by atoms with Crippen molar-refractivity contribution in [1.82, 2.24) is 9.03 Å². The van der Waals surface area contributed by atoms with E-state index in [0.717, 1.165) is 12.8 Å². The monoisotopic (exact) mass is 298 g/mol. The van der Waals surface area contributed by atoms with Gasteiger partial charge in [-0.1, -0.05) is 22.9 Å². The van der Waals surface area contributed by atoms with E-state index >= 15 is 0 Å². The van der Waals surface area contributed by atoms with Crippen LogP contribution in [0.2, 0.25) is 0 Å². The molecular weight excluding hydrogens is 280 g/mol. The summed E-state index contributed by atoms with van der Waals surface area (Å²) in [6.45, 7) is 5.30. The van der Waals surface area contributed by atoms with E-state index in [1.807, 2.05) is 6.92 Å². The van der Waals surface area contributed by atoms with Crippen LogP contribution in [-0.2, 0) is 10.2 Å². The van der Waals surface area contributed by atoms with Crippen LogP contribution in [0.15, 0.2) is 0 Å². The number of hydrogen-bond donors (Lipinski definition) is 1. The van der Waals surface area contributed by atoms with Gasteiger partial charge in [-0.15, -0.1) is 0 Å². The van der Waals surface area contributed by atoms with Gasteiger partial charge in [0.1, 0.15) is 0 Å². The van der Waals surface area contributed by atoms with E-state index in [-0.39, 0.29) is 6.04 Å². The third kappa shape index (κ3) is 4.01. The van der Waals surface area contributed by atoms with Gasteiger partial charge in [-0.25, -0.2) is 0 Å². The lowest BCUT2D eigenvalue weighted by Gasteiger charge is -2.30. The van der Waals surface area contributed by atoms with Crippen molar-refractivity contribution >= 4 is 26.1 Å². The van der Waals surface area contributed by atoms with E-state index in [1.54, 1.807) is 4.31 Å². The first-order chi connectivity index (χ1) is 6.95. The summed E-state index contributed by atoms with van der Waals surface area (Å²) >= 11 is 3.26. The van der Waals surface area contributed by atoms with Crippen molar-refractivity contribution in [3.63, 3.8) is 0 Å². The highest BCUT2D eigenvalue weighted by Gasteiger charge is 2.26. The molecule has 15 heavy (non-hydrogen) atoms. The van der Waals surface area contributed by atoms with Crippen LogP contribution in [0.1, 0.15) is 26.7 Å². The molecule has 0 bridgehead atoms. The van der Waals surface area contributed by atoms with Crippen LogP contribution in [0, 0.1) is 5.92 Å². The summed E-state index contributed by atoms with van der Waals surface area (Å²) < 4.78 is 27.9. The van der Waals surface area contributed by atoms with Gasteiger partial charge < -0.3 is 0 Å². The zero-order chi connectivity index (χ0) is 11.5. The summed E-state index contributed by atoms with van der Waals surface area (Å²) in [6, 6.07) is -0.0608. The van der Waals surface area contributed by atoms with E-state index in [4.69, 9.17) is 0 Å². The fourth-order valence-electron chi connectivity index (χ4n) is 1.59. The molecule has 0 radical (unpaired) electrons. The van der Waals surface area contributed by atoms with E-state index in [1.165, 1.54) is 0 Å². The van der Waals surface area contributed by atoms with Gasteiger partial charge in [-0.05, 0) is 25.7 Å². The topological polar surface area (TPSA) is 49.4 Å². The van der Waals surface area contributed by atoms with E-state index in [2.05, 4.69) is 27.6 Å². The third-order valence-electron chi connectivity index (χ3n) is 2.66. The second kappa shape index (κ2) is 5.61. The number of nitrogens with zero attached hydrogens (tertiary/aromatic N) is 1. The molecule has 1 rings (SSSR count). The van der Waals surface area contributed by atoms with E-state index in [0.29, 0.717) is 24.3 Å². The van der Waals surface area contributed by atoms with Gasteiger partial charge in [-0.2, -0.15) is 17.4 Å². The molecule has 0 aromatic heterocycles. The smallest absolute Gasteiger partial charge is 0.198 e. The highest BCUT2D eigenvalue weighted by atomic mass is 79.9. The molecule has 0 aliphatic carbocycles. The van der Waals surface area contributed by atoms with Gasteiger partial charge >= 0.3 is 0 Å². The molecular formula is C9H19BrN2O2S. The lowest BCUT2D eigenvalue weighted by Crippen LogP contribution is -2.47. The highest BCUT2D eigenvalue weighted by Crippen LogP contribution is 2.18. The molecule has 0 amide bonds. The van der Waals surface area contributed by atoms with E-state index in [9.17, 15) is 8.42 Å². The molecule has 4 nitrogen and oxygen atoms in total. The first-order valence-electron chi connectivity index (χ1n) is 5.29. The number of hydrogen-bond acceptors (Lipinski definition) is 2. The van der Waals surface area contributed by atoms with Gasteiger partial charge in [0, 0.05) is 24.5 Å². The summed E-state index contributed by atoms with van der Waals surface area (Å²) in [5, 5.41) is 0.635. The minimum absolute atomic E-state index is 0.0608. The van der Waals surface area contributed by atoms with Crippen molar-refractivity contribution in [3.05, 3.63) is 0 Å². The van der Waals surface area contributed by atoms with Crippen LogP contribution in [0.4, 0.5) is 0 Å². The number of piperidine rings is 1. The molecule has 1 saturated heterocycles. The van der Waals surface area contributed by atoms with Crippen molar-refractivity contribution < 1.29 is 8.42 Å². The predicted octanol–water partition coefficient (Wildman–Crippen LogP) is 1.34. The number of rotatable bonds is 4. The molecule has 1 fully saturated rings. The van der Waals surface area contributed by atoms with Crippen molar-refractivity contribution in [2.24, 2.45) is 5.92 Å². The fraction of sp³-hybridized carbons (Fsp3) is 1.00. The van der Waals surface area contributed by atoms with Gasteiger partial charge in [-0.3, -0.25) is 0 Å². The maximum Gasteiger partial charge on any atom is 0.279 e. The first kappa shape index (κ1) is 13.4. The van der Waals surface area contributed by atoms with Crippen LogP contribution < -0.4 is 4.72 Å². The maximum absolute atomic E-state index is 11.9. The molecule has 1 aliphatic heterocycles. The molecule has 0 aromatic rings. The Morgan fingerprint density at radius 1 is 1.47 bits per heavy atom. The Kier molecular flexibility index (Phi) is 5.02. The van der Waals surface area contributed by atoms with Gasteiger partial charge in [0.2, 0.25) is 0 Å². The lowest BCUT2D eigenvalue weighted by atomic mass is 10.0. The molecule has 6 heteroatoms. The lowest BCUT2D eigenvalue weighted by molar-refractivity contribution is 0.284. The Bertz CT molecular complexity index is 286. The SMILES string of the molecule is CC1CCN(S(=O)(=O)NC(C)CBr)CC1. The second-order valence-corrected chi connectivity index (χ2v) is 6.61. The number of nitrogens with one attached hydrogen (secondary N) is 1. The average molecular weight is 299 g/mol. The first-order valence-corrected chi connectivity index (χ1v) is 7.85. The summed E-state index contributed by atoms with van der Waals surface area (Å²) in [7, 11) is -3.26. The number of alkyl halides is 1. The summed E-state index contributed by atoms with van der Waals surface area (Å²) in [6.07, 6.45) is 1.92. The van der Waals surface area contributed by atoms with Crippen molar-refractivity contribution in [3.8, 4) is 0 Å². The van der Waals surface area contributed by atoms with Crippen LogP contribution in [-0.4, -0.2) is 37.2 Å². The molecule has 1 aliphatic rings. The zero-order valence-electron chi connectivity index (χ0n) is 9.24. The quantitative estimate of drug-likeness (QED) is 0.796. The van der Waals surface area contributed by atoms with Gasteiger partial charge in [0.05, 0.1) is 0 Å². The predicted molar refractivity (Wildman–Crippen MR) is 65.3 cm³/mol. The normalized spacial score (nSPS) is 22.9. The van der Waals surface area contributed by atoms with Crippen LogP contribution in [0.3, 0.4) is 0 Å². The summed E-state index contributed by atoms with van der Waals surface area (Å²) in [5.41, 5.74) is 0. The fourth-order valence-corrected chi connectivity index (χ4v) is 3.39. The molecule has 1 heterocycles. The molecule has 0 spiro atoms. The summed E-state index contributed by atoms with van der Waals surface area (Å²) in [4.78, 5) is 0. The van der Waals surface area contributed by atoms with Crippen molar-refractivity contribution in [2.45, 2.75) is 32.7 Å². The molecule has 0 aromatic carbocycles. The standard InChI is InChI=1S/C9H19BrN2O2S/c1-8-3-5-12(6-4-8)15(13,14)11-9(2)7-10/h8-9,11H,3-7H2,1-2H3. The molecule has 1 unspecified atom stereocenters. The Balaban J connectivity index is 2.54. The molecule has 1 atom stereocenters. The minimum atomic E-state index is -3.26. The largest absolute Gasteiger partial charge is 0.279 e. The van der Waals surface area contributed by atoms with Crippen molar-refractivity contribution in [2.75, 3.05) is 18.4 Å². The highest BCUT2D eigenvalue weighted by molar-refractivity contribution is 9.09. The van der Waals surface area contributed by atoms with E-state index < -0.39 is 10.2 Å².